The molecule has 15 heavy (non-hydrogen) atoms. The highest BCUT2D eigenvalue weighted by atomic mass is 14.2. The van der Waals surface area contributed by atoms with Gasteiger partial charge < -0.3 is 0 Å². The molecule has 0 amide bonds. The largest absolute Gasteiger partial charge is 0.0794 e. The second-order valence-electron chi connectivity index (χ2n) is 5.59. The van der Waals surface area contributed by atoms with Crippen LogP contribution < -0.4 is 0 Å². The average molecular weight is 210 g/mol. The molecule has 0 aliphatic carbocycles. The lowest BCUT2D eigenvalue weighted by Gasteiger charge is -2.27. The number of unbranched alkanes of at least 4 members (excludes halogenated alkanes) is 2. The van der Waals surface area contributed by atoms with Gasteiger partial charge in [-0.2, -0.15) is 0 Å². The Labute approximate surface area is 97.2 Å². The van der Waals surface area contributed by atoms with E-state index in [-0.39, 0.29) is 0 Å². The molecule has 0 aliphatic heterocycles. The van der Waals surface area contributed by atoms with Crippen LogP contribution >= 0.6 is 0 Å². The highest BCUT2D eigenvalue weighted by molar-refractivity contribution is 5.08. The van der Waals surface area contributed by atoms with Gasteiger partial charge in [-0.25, -0.2) is 0 Å². The fourth-order valence-corrected chi connectivity index (χ4v) is 1.65. The molecule has 0 bridgehead atoms. The van der Waals surface area contributed by atoms with E-state index in [1.54, 1.807) is 5.57 Å². The maximum Gasteiger partial charge on any atom is -0.0149 e. The Morgan fingerprint density at radius 1 is 1.13 bits per heavy atom. The molecule has 0 heteroatoms. The van der Waals surface area contributed by atoms with Gasteiger partial charge in [-0.15, -0.1) is 0 Å². The van der Waals surface area contributed by atoms with Crippen molar-refractivity contribution in [3.05, 3.63) is 11.6 Å². The monoisotopic (exact) mass is 210 g/mol. The summed E-state index contributed by atoms with van der Waals surface area (Å²) in [5, 5.41) is 0. The molecule has 0 aromatic heterocycles. The molecule has 0 heterocycles. The third-order valence-corrected chi connectivity index (χ3v) is 3.62. The molecule has 0 aliphatic rings. The van der Waals surface area contributed by atoms with E-state index in [9.17, 15) is 0 Å². The van der Waals surface area contributed by atoms with Crippen molar-refractivity contribution >= 4 is 0 Å². The van der Waals surface area contributed by atoms with Gasteiger partial charge in [0.25, 0.3) is 0 Å². The van der Waals surface area contributed by atoms with Crippen molar-refractivity contribution < 1.29 is 0 Å². The van der Waals surface area contributed by atoms with Crippen molar-refractivity contribution in [2.75, 3.05) is 0 Å². The van der Waals surface area contributed by atoms with Gasteiger partial charge in [0.2, 0.25) is 0 Å². The average Bonchev–Trinajstić information content (AvgIpc) is 2.16. The van der Waals surface area contributed by atoms with Crippen LogP contribution in [0.3, 0.4) is 0 Å². The molecular weight excluding hydrogens is 180 g/mol. The van der Waals surface area contributed by atoms with Gasteiger partial charge in [0.1, 0.15) is 0 Å². The predicted octanol–water partition coefficient (Wildman–Crippen LogP) is 5.59. The van der Waals surface area contributed by atoms with Crippen LogP contribution in [0.25, 0.3) is 0 Å². The number of allylic oxidation sites excluding steroid dienone is 2. The van der Waals surface area contributed by atoms with Gasteiger partial charge in [-0.3, -0.25) is 0 Å². The molecule has 0 unspecified atom stereocenters. The van der Waals surface area contributed by atoms with Gasteiger partial charge in [0, 0.05) is 0 Å². The van der Waals surface area contributed by atoms with Crippen LogP contribution in [0.4, 0.5) is 0 Å². The molecule has 0 N–H and O–H groups in total. The van der Waals surface area contributed by atoms with Crippen molar-refractivity contribution in [2.24, 2.45) is 11.3 Å². The number of rotatable bonds is 7. The van der Waals surface area contributed by atoms with Crippen molar-refractivity contribution in [3.63, 3.8) is 0 Å². The SMILES string of the molecule is CCCCCC(=CC(C)(C)C(C)C)CC. The first-order valence-electron chi connectivity index (χ1n) is 6.64. The third-order valence-electron chi connectivity index (χ3n) is 3.62. The number of hydrogen-bond acceptors (Lipinski definition) is 0. The lowest BCUT2D eigenvalue weighted by Crippen LogP contribution is -2.16. The Hall–Kier alpha value is -0.260. The first-order valence-corrected chi connectivity index (χ1v) is 6.64. The van der Waals surface area contributed by atoms with Crippen LogP contribution in [0.1, 0.15) is 73.6 Å². The van der Waals surface area contributed by atoms with Crippen molar-refractivity contribution in [1.29, 1.82) is 0 Å². The van der Waals surface area contributed by atoms with Crippen LogP contribution in [-0.4, -0.2) is 0 Å². The van der Waals surface area contributed by atoms with E-state index in [1.807, 2.05) is 0 Å². The van der Waals surface area contributed by atoms with Crippen molar-refractivity contribution in [3.8, 4) is 0 Å². The molecule has 0 radical (unpaired) electrons. The minimum atomic E-state index is 0.359. The van der Waals surface area contributed by atoms with Crippen LogP contribution in [0.2, 0.25) is 0 Å². The van der Waals surface area contributed by atoms with E-state index >= 15 is 0 Å². The quantitative estimate of drug-likeness (QED) is 0.380. The van der Waals surface area contributed by atoms with Gasteiger partial charge >= 0.3 is 0 Å². The molecule has 0 nitrogen and oxygen atoms in total. The van der Waals surface area contributed by atoms with E-state index < -0.39 is 0 Å². The third kappa shape index (κ3) is 6.02. The lowest BCUT2D eigenvalue weighted by atomic mass is 9.79. The molecule has 0 atom stereocenters. The van der Waals surface area contributed by atoms with E-state index in [4.69, 9.17) is 0 Å². The second-order valence-corrected chi connectivity index (χ2v) is 5.59. The summed E-state index contributed by atoms with van der Waals surface area (Å²) in [6, 6.07) is 0. The Balaban J connectivity index is 4.31. The highest BCUT2D eigenvalue weighted by Gasteiger charge is 2.19. The Bertz CT molecular complexity index is 184. The smallest absolute Gasteiger partial charge is 0.0149 e. The fourth-order valence-electron chi connectivity index (χ4n) is 1.65. The molecule has 90 valence electrons. The summed E-state index contributed by atoms with van der Waals surface area (Å²) in [6.45, 7) is 13.9. The van der Waals surface area contributed by atoms with Crippen LogP contribution in [-0.2, 0) is 0 Å². The van der Waals surface area contributed by atoms with E-state index in [0.29, 0.717) is 5.41 Å². The molecule has 0 saturated carbocycles. The van der Waals surface area contributed by atoms with Gasteiger partial charge in [0.15, 0.2) is 0 Å². The standard InChI is InChI=1S/C15H30/c1-7-9-10-11-14(8-2)12-15(5,6)13(3)4/h12-13H,7-11H2,1-6H3. The number of hydrogen-bond donors (Lipinski definition) is 0. The summed E-state index contributed by atoms with van der Waals surface area (Å²) in [5.74, 6) is 0.727. The second kappa shape index (κ2) is 7.09. The zero-order valence-corrected chi connectivity index (χ0v) is 11.7. The highest BCUT2D eigenvalue weighted by Crippen LogP contribution is 2.30. The molecule has 0 rings (SSSR count). The Kier molecular flexibility index (Phi) is 6.96. The molecule has 0 fully saturated rings. The van der Waals surface area contributed by atoms with Crippen molar-refractivity contribution in [1.82, 2.24) is 0 Å². The van der Waals surface area contributed by atoms with Crippen LogP contribution in [0.5, 0.6) is 0 Å². The zero-order chi connectivity index (χ0) is 11.9. The normalized spacial score (nSPS) is 13.7. The lowest BCUT2D eigenvalue weighted by molar-refractivity contribution is 0.329. The Morgan fingerprint density at radius 2 is 1.73 bits per heavy atom. The summed E-state index contributed by atoms with van der Waals surface area (Å²) in [7, 11) is 0. The van der Waals surface area contributed by atoms with E-state index in [1.165, 1.54) is 32.1 Å². The topological polar surface area (TPSA) is 0 Å². The summed E-state index contributed by atoms with van der Waals surface area (Å²) in [5.41, 5.74) is 2.01. The van der Waals surface area contributed by atoms with E-state index in [0.717, 1.165) is 5.92 Å². The minimum absolute atomic E-state index is 0.359. The molecule has 0 aromatic rings. The Morgan fingerprint density at radius 3 is 2.13 bits per heavy atom. The van der Waals surface area contributed by atoms with Gasteiger partial charge in [-0.05, 0) is 30.6 Å². The zero-order valence-electron chi connectivity index (χ0n) is 11.7. The van der Waals surface area contributed by atoms with Gasteiger partial charge in [-0.1, -0.05) is 66.0 Å². The molecule has 0 saturated heterocycles. The maximum absolute atomic E-state index is 2.52. The first-order chi connectivity index (χ1) is 6.94. The van der Waals surface area contributed by atoms with Gasteiger partial charge in [0.05, 0.1) is 0 Å². The van der Waals surface area contributed by atoms with Crippen LogP contribution in [0.15, 0.2) is 11.6 Å². The minimum Gasteiger partial charge on any atom is -0.0794 e. The van der Waals surface area contributed by atoms with E-state index in [2.05, 4.69) is 47.6 Å². The first kappa shape index (κ1) is 14.7. The fraction of sp³-hybridized carbons (Fsp3) is 0.867. The maximum atomic E-state index is 2.52. The summed E-state index contributed by atoms with van der Waals surface area (Å²) >= 11 is 0. The van der Waals surface area contributed by atoms with Crippen molar-refractivity contribution in [2.45, 2.75) is 73.6 Å². The van der Waals surface area contributed by atoms with Crippen LogP contribution in [0, 0.1) is 11.3 Å². The molecular formula is C15H30. The predicted molar refractivity (Wildman–Crippen MR) is 71.1 cm³/mol. The molecule has 0 aromatic carbocycles. The summed E-state index contributed by atoms with van der Waals surface area (Å²) in [6.07, 6.45) is 9.11. The molecule has 0 spiro atoms. The summed E-state index contributed by atoms with van der Waals surface area (Å²) in [4.78, 5) is 0. The summed E-state index contributed by atoms with van der Waals surface area (Å²) < 4.78 is 0.